The molecule has 0 saturated heterocycles. The molecule has 0 radical (unpaired) electrons. The van der Waals surface area contributed by atoms with Crippen LogP contribution < -0.4 is 10.1 Å². The Kier molecular flexibility index (Phi) is 7.46. The van der Waals surface area contributed by atoms with Crippen LogP contribution in [0.5, 0.6) is 5.75 Å². The highest BCUT2D eigenvalue weighted by Crippen LogP contribution is 2.32. The molecule has 0 aliphatic heterocycles. The summed E-state index contributed by atoms with van der Waals surface area (Å²) in [5, 5.41) is 5.04. The molecule has 4 nitrogen and oxygen atoms in total. The first-order valence-corrected chi connectivity index (χ1v) is 9.57. The van der Waals surface area contributed by atoms with Gasteiger partial charge in [0, 0.05) is 23.6 Å². The van der Waals surface area contributed by atoms with Gasteiger partial charge in [0.15, 0.2) is 0 Å². The van der Waals surface area contributed by atoms with E-state index in [1.54, 1.807) is 7.11 Å². The SMILES string of the molecule is CCCCC[C@@](C)(OC)C(=O)Nc1ccc(OCCC)c2ccccc12. The van der Waals surface area contributed by atoms with Crippen molar-refractivity contribution in [2.45, 2.75) is 58.5 Å². The molecule has 1 atom stereocenters. The van der Waals surface area contributed by atoms with Crippen LogP contribution in [-0.2, 0) is 9.53 Å². The molecule has 4 heteroatoms. The minimum absolute atomic E-state index is 0.108. The molecule has 142 valence electrons. The minimum Gasteiger partial charge on any atom is -0.493 e. The summed E-state index contributed by atoms with van der Waals surface area (Å²) in [5.41, 5.74) is -0.0404. The molecule has 0 spiro atoms. The van der Waals surface area contributed by atoms with Gasteiger partial charge in [-0.1, -0.05) is 57.4 Å². The van der Waals surface area contributed by atoms with Gasteiger partial charge >= 0.3 is 0 Å². The average Bonchev–Trinajstić information content (AvgIpc) is 2.67. The van der Waals surface area contributed by atoms with Crippen LogP contribution in [0.25, 0.3) is 10.8 Å². The molecule has 0 aliphatic carbocycles. The normalized spacial score (nSPS) is 13.4. The lowest BCUT2D eigenvalue weighted by atomic mass is 9.96. The number of hydrogen-bond donors (Lipinski definition) is 1. The number of ether oxygens (including phenoxy) is 2. The summed E-state index contributed by atoms with van der Waals surface area (Å²) in [7, 11) is 1.60. The van der Waals surface area contributed by atoms with Gasteiger partial charge in [0.1, 0.15) is 11.4 Å². The highest BCUT2D eigenvalue weighted by atomic mass is 16.5. The molecular formula is C22H31NO3. The summed E-state index contributed by atoms with van der Waals surface area (Å²) in [6.45, 7) is 6.77. The van der Waals surface area contributed by atoms with E-state index in [0.717, 1.165) is 47.9 Å². The van der Waals surface area contributed by atoms with E-state index in [1.165, 1.54) is 0 Å². The van der Waals surface area contributed by atoms with E-state index in [0.29, 0.717) is 13.0 Å². The first-order chi connectivity index (χ1) is 12.6. The lowest BCUT2D eigenvalue weighted by Gasteiger charge is -2.27. The van der Waals surface area contributed by atoms with Gasteiger partial charge in [-0.15, -0.1) is 0 Å². The summed E-state index contributed by atoms with van der Waals surface area (Å²) in [4.78, 5) is 12.9. The smallest absolute Gasteiger partial charge is 0.256 e. The number of benzene rings is 2. The van der Waals surface area contributed by atoms with E-state index in [9.17, 15) is 4.79 Å². The van der Waals surface area contributed by atoms with Crippen molar-refractivity contribution in [1.29, 1.82) is 0 Å². The van der Waals surface area contributed by atoms with Gasteiger partial charge in [-0.05, 0) is 31.9 Å². The van der Waals surface area contributed by atoms with Crippen molar-refractivity contribution in [3.05, 3.63) is 36.4 Å². The lowest BCUT2D eigenvalue weighted by molar-refractivity contribution is -0.136. The number of methoxy groups -OCH3 is 1. The second kappa shape index (κ2) is 9.58. The van der Waals surface area contributed by atoms with Gasteiger partial charge < -0.3 is 14.8 Å². The molecule has 0 aliphatic rings. The van der Waals surface area contributed by atoms with Gasteiger partial charge in [-0.3, -0.25) is 4.79 Å². The second-order valence-corrected chi connectivity index (χ2v) is 6.85. The van der Waals surface area contributed by atoms with Gasteiger partial charge in [-0.2, -0.15) is 0 Å². The van der Waals surface area contributed by atoms with Crippen LogP contribution in [0.2, 0.25) is 0 Å². The Bertz CT molecular complexity index is 728. The first kappa shape index (κ1) is 20.2. The summed E-state index contributed by atoms with van der Waals surface area (Å²) in [6, 6.07) is 11.8. The minimum atomic E-state index is -0.826. The highest BCUT2D eigenvalue weighted by molar-refractivity contribution is 6.06. The van der Waals surface area contributed by atoms with Crippen molar-refractivity contribution in [2.75, 3.05) is 19.0 Å². The monoisotopic (exact) mass is 357 g/mol. The van der Waals surface area contributed by atoms with Gasteiger partial charge in [0.2, 0.25) is 0 Å². The molecule has 2 aromatic carbocycles. The molecule has 2 aromatic rings. The van der Waals surface area contributed by atoms with Crippen LogP contribution >= 0.6 is 0 Å². The topological polar surface area (TPSA) is 47.6 Å². The number of hydrogen-bond acceptors (Lipinski definition) is 3. The second-order valence-electron chi connectivity index (χ2n) is 6.85. The summed E-state index contributed by atoms with van der Waals surface area (Å²) >= 11 is 0. The van der Waals surface area contributed by atoms with Crippen molar-refractivity contribution in [3.63, 3.8) is 0 Å². The third kappa shape index (κ3) is 4.76. The maximum Gasteiger partial charge on any atom is 0.256 e. The van der Waals surface area contributed by atoms with Gasteiger partial charge in [-0.25, -0.2) is 0 Å². The summed E-state index contributed by atoms with van der Waals surface area (Å²) in [6.07, 6.45) is 4.85. The van der Waals surface area contributed by atoms with Crippen LogP contribution in [-0.4, -0.2) is 25.2 Å². The Labute approximate surface area is 156 Å². The van der Waals surface area contributed by atoms with E-state index in [4.69, 9.17) is 9.47 Å². The predicted molar refractivity (Wildman–Crippen MR) is 108 cm³/mol. The molecule has 26 heavy (non-hydrogen) atoms. The van der Waals surface area contributed by atoms with Crippen LogP contribution in [0, 0.1) is 0 Å². The fraction of sp³-hybridized carbons (Fsp3) is 0.500. The predicted octanol–water partition coefficient (Wildman–Crippen LogP) is 5.55. The Morgan fingerprint density at radius 3 is 2.42 bits per heavy atom. The zero-order valence-corrected chi connectivity index (χ0v) is 16.4. The number of rotatable bonds is 10. The zero-order valence-electron chi connectivity index (χ0n) is 16.4. The fourth-order valence-electron chi connectivity index (χ4n) is 2.99. The van der Waals surface area contributed by atoms with Crippen LogP contribution in [0.15, 0.2) is 36.4 Å². The number of nitrogens with one attached hydrogen (secondary N) is 1. The zero-order chi connectivity index (χ0) is 19.0. The molecule has 0 fully saturated rings. The van der Waals surface area contributed by atoms with Gasteiger partial charge in [0.25, 0.3) is 5.91 Å². The van der Waals surface area contributed by atoms with E-state index < -0.39 is 5.60 Å². The maximum absolute atomic E-state index is 12.9. The molecule has 1 N–H and O–H groups in total. The van der Waals surface area contributed by atoms with Crippen molar-refractivity contribution in [3.8, 4) is 5.75 Å². The third-order valence-electron chi connectivity index (χ3n) is 4.78. The molecule has 0 saturated carbocycles. The Hall–Kier alpha value is -2.07. The largest absolute Gasteiger partial charge is 0.493 e. The lowest BCUT2D eigenvalue weighted by Crippen LogP contribution is -2.42. The van der Waals surface area contributed by atoms with Crippen molar-refractivity contribution in [1.82, 2.24) is 0 Å². The van der Waals surface area contributed by atoms with E-state index in [1.807, 2.05) is 43.3 Å². The average molecular weight is 357 g/mol. The van der Waals surface area contributed by atoms with Crippen molar-refractivity contribution in [2.24, 2.45) is 0 Å². The van der Waals surface area contributed by atoms with Crippen molar-refractivity contribution >= 4 is 22.4 Å². The van der Waals surface area contributed by atoms with Crippen LogP contribution in [0.4, 0.5) is 5.69 Å². The quantitative estimate of drug-likeness (QED) is 0.567. The van der Waals surface area contributed by atoms with Crippen LogP contribution in [0.3, 0.4) is 0 Å². The van der Waals surface area contributed by atoms with Crippen molar-refractivity contribution < 1.29 is 14.3 Å². The maximum atomic E-state index is 12.9. The molecule has 2 rings (SSSR count). The number of carbonyl (C=O) groups excluding carboxylic acids is 1. The highest BCUT2D eigenvalue weighted by Gasteiger charge is 2.32. The Balaban J connectivity index is 2.25. The number of anilines is 1. The first-order valence-electron chi connectivity index (χ1n) is 9.57. The van der Waals surface area contributed by atoms with Crippen LogP contribution in [0.1, 0.15) is 52.9 Å². The molecule has 0 unspecified atom stereocenters. The van der Waals surface area contributed by atoms with E-state index in [-0.39, 0.29) is 5.91 Å². The number of amides is 1. The molecule has 0 aromatic heterocycles. The molecular weight excluding hydrogens is 326 g/mol. The fourth-order valence-corrected chi connectivity index (χ4v) is 2.99. The third-order valence-corrected chi connectivity index (χ3v) is 4.78. The standard InChI is InChI=1S/C22H31NO3/c1-5-7-10-15-22(3,25-4)21(24)23-19-13-14-20(26-16-6-2)18-12-9-8-11-17(18)19/h8-9,11-14H,5-7,10,15-16H2,1-4H3,(H,23,24)/t22-/m1/s1. The van der Waals surface area contributed by atoms with E-state index >= 15 is 0 Å². The van der Waals surface area contributed by atoms with Gasteiger partial charge in [0.05, 0.1) is 6.61 Å². The number of carbonyl (C=O) groups is 1. The molecule has 0 bridgehead atoms. The summed E-state index contributed by atoms with van der Waals surface area (Å²) < 4.78 is 11.4. The van der Waals surface area contributed by atoms with E-state index in [2.05, 4.69) is 19.2 Å². The molecule has 0 heterocycles. The Morgan fingerprint density at radius 2 is 1.77 bits per heavy atom. The summed E-state index contributed by atoms with van der Waals surface area (Å²) in [5.74, 6) is 0.737. The Morgan fingerprint density at radius 1 is 1.04 bits per heavy atom. The molecule has 1 amide bonds. The number of fused-ring (bicyclic) bond motifs is 1. The number of unbranched alkanes of at least 4 members (excludes halogenated alkanes) is 2.